The number of sulfonamides is 1. The highest BCUT2D eigenvalue weighted by Crippen LogP contribution is 2.24. The summed E-state index contributed by atoms with van der Waals surface area (Å²) >= 11 is 0. The SMILES string of the molecule is CCc1ccc(C(=O)NC2=NCC3=CN(S(=O)(=O)c4ccc(NC(C)=O)cc4)CCC3=N2)cc1. The number of guanidine groups is 1. The Morgan fingerprint density at radius 3 is 2.38 bits per heavy atom. The summed E-state index contributed by atoms with van der Waals surface area (Å²) in [7, 11) is -3.76. The Morgan fingerprint density at radius 1 is 1.03 bits per heavy atom. The maximum atomic E-state index is 13.1. The van der Waals surface area contributed by atoms with E-state index in [4.69, 9.17) is 0 Å². The van der Waals surface area contributed by atoms with Gasteiger partial charge in [0.1, 0.15) is 0 Å². The van der Waals surface area contributed by atoms with E-state index < -0.39 is 10.0 Å². The molecule has 0 saturated carbocycles. The maximum Gasteiger partial charge on any atom is 0.263 e. The average Bonchev–Trinajstić information content (AvgIpc) is 2.83. The van der Waals surface area contributed by atoms with Crippen LogP contribution in [0.2, 0.25) is 0 Å². The van der Waals surface area contributed by atoms with Crippen LogP contribution in [0.25, 0.3) is 0 Å². The molecule has 0 radical (unpaired) electrons. The van der Waals surface area contributed by atoms with Crippen LogP contribution in [0, 0.1) is 0 Å². The molecular formula is C24H25N5O4S. The van der Waals surface area contributed by atoms with Crippen LogP contribution < -0.4 is 10.6 Å². The highest BCUT2D eigenvalue weighted by molar-refractivity contribution is 7.89. The Labute approximate surface area is 198 Å². The molecule has 176 valence electrons. The number of nitrogens with one attached hydrogen (secondary N) is 2. The smallest absolute Gasteiger partial charge is 0.263 e. The van der Waals surface area contributed by atoms with Crippen LogP contribution in [0.1, 0.15) is 36.2 Å². The zero-order chi connectivity index (χ0) is 24.3. The van der Waals surface area contributed by atoms with Gasteiger partial charge in [-0.3, -0.25) is 19.2 Å². The quantitative estimate of drug-likeness (QED) is 0.685. The molecule has 2 amide bonds. The van der Waals surface area contributed by atoms with Crippen LogP contribution in [0.5, 0.6) is 0 Å². The Bertz CT molecular complexity index is 1310. The number of carbonyl (C=O) groups excluding carboxylic acids is 2. The third kappa shape index (κ3) is 5.07. The summed E-state index contributed by atoms with van der Waals surface area (Å²) < 4.78 is 27.4. The molecule has 10 heteroatoms. The monoisotopic (exact) mass is 479 g/mol. The van der Waals surface area contributed by atoms with E-state index >= 15 is 0 Å². The lowest BCUT2D eigenvalue weighted by Crippen LogP contribution is -2.37. The molecular weight excluding hydrogens is 454 g/mol. The summed E-state index contributed by atoms with van der Waals surface area (Å²) in [4.78, 5) is 32.5. The zero-order valence-corrected chi connectivity index (χ0v) is 19.7. The Balaban J connectivity index is 1.45. The van der Waals surface area contributed by atoms with E-state index in [1.54, 1.807) is 30.5 Å². The van der Waals surface area contributed by atoms with Gasteiger partial charge in [0.15, 0.2) is 0 Å². The molecule has 2 aliphatic heterocycles. The molecule has 0 unspecified atom stereocenters. The van der Waals surface area contributed by atoms with Crippen molar-refractivity contribution in [2.45, 2.75) is 31.6 Å². The van der Waals surface area contributed by atoms with Crippen molar-refractivity contribution in [3.8, 4) is 0 Å². The molecule has 0 atom stereocenters. The number of amides is 2. The van der Waals surface area contributed by atoms with Gasteiger partial charge in [0.2, 0.25) is 11.9 Å². The molecule has 0 aliphatic carbocycles. The molecule has 34 heavy (non-hydrogen) atoms. The van der Waals surface area contributed by atoms with Crippen molar-refractivity contribution in [2.24, 2.45) is 9.98 Å². The summed E-state index contributed by atoms with van der Waals surface area (Å²) in [6, 6.07) is 13.4. The first-order valence-corrected chi connectivity index (χ1v) is 12.3. The average molecular weight is 480 g/mol. The standard InChI is InChI=1S/C24H25N5O4S/c1-3-17-4-6-18(7-5-17)23(31)28-24-25-14-19-15-29(13-12-22(19)27-24)34(32,33)21-10-8-20(9-11-21)26-16(2)30/h4-11,15H,3,12-14H2,1-2H3,(H,26,30)(H,25,28,31). The van der Waals surface area contributed by atoms with Crippen LogP contribution in [-0.2, 0) is 21.2 Å². The normalized spacial score (nSPS) is 15.5. The second-order valence-electron chi connectivity index (χ2n) is 7.93. The molecule has 2 aromatic rings. The first kappa shape index (κ1) is 23.4. The van der Waals surface area contributed by atoms with E-state index in [0.717, 1.165) is 12.0 Å². The summed E-state index contributed by atoms with van der Waals surface area (Å²) in [6.45, 7) is 3.87. The number of hydrogen-bond acceptors (Lipinski definition) is 6. The van der Waals surface area contributed by atoms with E-state index in [9.17, 15) is 18.0 Å². The molecule has 2 heterocycles. The number of fused-ring (bicyclic) bond motifs is 1. The van der Waals surface area contributed by atoms with E-state index in [1.165, 1.54) is 23.4 Å². The topological polar surface area (TPSA) is 120 Å². The number of carbonyl (C=O) groups is 2. The van der Waals surface area contributed by atoms with Crippen molar-refractivity contribution >= 4 is 39.2 Å². The minimum atomic E-state index is -3.76. The molecule has 4 rings (SSSR count). The Morgan fingerprint density at radius 2 is 1.74 bits per heavy atom. The number of aryl methyl sites for hydroxylation is 1. The van der Waals surface area contributed by atoms with Gasteiger partial charge >= 0.3 is 0 Å². The summed E-state index contributed by atoms with van der Waals surface area (Å²) in [5, 5.41) is 5.34. The number of aliphatic imine (C=N–C) groups is 2. The van der Waals surface area contributed by atoms with Gasteiger partial charge in [-0.15, -0.1) is 0 Å². The molecule has 2 aliphatic rings. The predicted molar refractivity (Wildman–Crippen MR) is 130 cm³/mol. The van der Waals surface area contributed by atoms with Gasteiger partial charge in [-0.1, -0.05) is 19.1 Å². The maximum absolute atomic E-state index is 13.1. The molecule has 0 spiro atoms. The molecule has 0 fully saturated rings. The van der Waals surface area contributed by atoms with E-state index in [-0.39, 0.29) is 35.8 Å². The van der Waals surface area contributed by atoms with E-state index in [0.29, 0.717) is 29.0 Å². The molecule has 2 N–H and O–H groups in total. The number of hydrogen-bond donors (Lipinski definition) is 2. The van der Waals surface area contributed by atoms with Crippen molar-refractivity contribution in [3.05, 3.63) is 71.4 Å². The number of benzene rings is 2. The van der Waals surface area contributed by atoms with Gasteiger partial charge in [-0.2, -0.15) is 0 Å². The van der Waals surface area contributed by atoms with Gasteiger partial charge in [-0.05, 0) is 48.4 Å². The molecule has 0 saturated heterocycles. The van der Waals surface area contributed by atoms with E-state index in [1.807, 2.05) is 19.1 Å². The van der Waals surface area contributed by atoms with Crippen molar-refractivity contribution < 1.29 is 18.0 Å². The first-order chi connectivity index (χ1) is 16.3. The van der Waals surface area contributed by atoms with Crippen LogP contribution in [0.4, 0.5) is 5.69 Å². The van der Waals surface area contributed by atoms with Crippen LogP contribution >= 0.6 is 0 Å². The molecule has 0 aromatic heterocycles. The fourth-order valence-electron chi connectivity index (χ4n) is 3.64. The lowest BCUT2D eigenvalue weighted by atomic mass is 10.1. The van der Waals surface area contributed by atoms with Crippen molar-refractivity contribution in [2.75, 3.05) is 18.4 Å². The molecule has 0 bridgehead atoms. The van der Waals surface area contributed by atoms with Crippen LogP contribution in [0.3, 0.4) is 0 Å². The van der Waals surface area contributed by atoms with Gasteiger partial charge in [0, 0.05) is 42.9 Å². The molecule has 2 aromatic carbocycles. The Hall–Kier alpha value is -3.79. The number of rotatable bonds is 5. The van der Waals surface area contributed by atoms with Gasteiger partial charge in [0.25, 0.3) is 15.9 Å². The summed E-state index contributed by atoms with van der Waals surface area (Å²) in [5.41, 5.74) is 3.59. The fraction of sp³-hybridized carbons (Fsp3) is 0.250. The van der Waals surface area contributed by atoms with Crippen molar-refractivity contribution in [3.63, 3.8) is 0 Å². The second kappa shape index (κ2) is 9.60. The van der Waals surface area contributed by atoms with Gasteiger partial charge in [0.05, 0.1) is 17.2 Å². The van der Waals surface area contributed by atoms with Crippen molar-refractivity contribution in [1.29, 1.82) is 0 Å². The lowest BCUT2D eigenvalue weighted by molar-refractivity contribution is -0.114. The fourth-order valence-corrected chi connectivity index (χ4v) is 4.99. The lowest BCUT2D eigenvalue weighted by Gasteiger charge is -2.28. The van der Waals surface area contributed by atoms with E-state index in [2.05, 4.69) is 20.6 Å². The highest BCUT2D eigenvalue weighted by atomic mass is 32.2. The van der Waals surface area contributed by atoms with Crippen LogP contribution in [0.15, 0.2) is 75.2 Å². The number of nitrogens with zero attached hydrogens (tertiary/aromatic N) is 3. The first-order valence-electron chi connectivity index (χ1n) is 10.9. The predicted octanol–water partition coefficient (Wildman–Crippen LogP) is 2.73. The highest BCUT2D eigenvalue weighted by Gasteiger charge is 2.28. The number of anilines is 1. The summed E-state index contributed by atoms with van der Waals surface area (Å²) in [5.74, 6) is -0.298. The van der Waals surface area contributed by atoms with Gasteiger partial charge in [-0.25, -0.2) is 18.4 Å². The largest absolute Gasteiger partial charge is 0.326 e. The second-order valence-corrected chi connectivity index (χ2v) is 9.82. The zero-order valence-electron chi connectivity index (χ0n) is 18.9. The minimum Gasteiger partial charge on any atom is -0.326 e. The molecule has 9 nitrogen and oxygen atoms in total. The Kier molecular flexibility index (Phi) is 6.60. The summed E-state index contributed by atoms with van der Waals surface area (Å²) in [6.07, 6.45) is 2.84. The van der Waals surface area contributed by atoms with Gasteiger partial charge < -0.3 is 5.32 Å². The van der Waals surface area contributed by atoms with Crippen LogP contribution in [-0.4, -0.2) is 49.3 Å². The minimum absolute atomic E-state index is 0.125. The third-order valence-electron chi connectivity index (χ3n) is 5.51. The van der Waals surface area contributed by atoms with Crippen molar-refractivity contribution in [1.82, 2.24) is 9.62 Å². The third-order valence-corrected chi connectivity index (χ3v) is 7.28.